The van der Waals surface area contributed by atoms with E-state index in [1.165, 1.54) is 142 Å². The van der Waals surface area contributed by atoms with Crippen LogP contribution in [0.3, 0.4) is 0 Å². The molecule has 0 amide bonds. The fraction of sp³-hybridized carbons (Fsp3) is 0.784. The van der Waals surface area contributed by atoms with E-state index in [4.69, 9.17) is 0 Å². The normalized spacial score (nSPS) is 14.2. The lowest BCUT2D eigenvalue weighted by atomic mass is 9.99. The van der Waals surface area contributed by atoms with Crippen molar-refractivity contribution in [3.63, 3.8) is 0 Å². The molecule has 0 aromatic rings. The summed E-state index contributed by atoms with van der Waals surface area (Å²) in [7, 11) is 0. The second kappa shape index (κ2) is 31.8. The van der Waals surface area contributed by atoms with Crippen molar-refractivity contribution >= 4 is 12.6 Å². The van der Waals surface area contributed by atoms with Crippen molar-refractivity contribution in [1.82, 2.24) is 4.90 Å². The van der Waals surface area contributed by atoms with E-state index in [1.54, 1.807) is 0 Å². The molecule has 0 aromatic carbocycles. The van der Waals surface area contributed by atoms with Gasteiger partial charge in [0.05, 0.1) is 0 Å². The number of allylic oxidation sites excluding steroid dienone is 8. The van der Waals surface area contributed by atoms with Gasteiger partial charge in [0.15, 0.2) is 0 Å². The maximum atomic E-state index is 4.49. The van der Waals surface area contributed by atoms with Crippen LogP contribution in [0.5, 0.6) is 0 Å². The Morgan fingerprint density at radius 1 is 0.513 bits per heavy atom. The molecule has 0 N–H and O–H groups in total. The van der Waals surface area contributed by atoms with Gasteiger partial charge < -0.3 is 4.90 Å². The highest BCUT2D eigenvalue weighted by Gasteiger charge is 2.13. The van der Waals surface area contributed by atoms with Crippen LogP contribution in [-0.4, -0.2) is 30.3 Å². The van der Waals surface area contributed by atoms with Gasteiger partial charge in [0.1, 0.15) is 0 Å². The first kappa shape index (κ1) is 38.3. The molecule has 0 saturated heterocycles. The topological polar surface area (TPSA) is 3.24 Å². The minimum atomic E-state index is 0.799. The molecule has 2 atom stereocenters. The molecule has 0 aliphatic rings. The standard InChI is InChI=1S/C37H69NS/c1-5-7-9-11-13-15-17-19-21-23-25-27-30-36(3)34-38(32-29-33-39)35-37(4)31-28-26-24-22-20-18-16-14-12-10-8-6-2/h11,13-18,20,36-37,39H,5-10,12,19,21-35H2,1-4H3/b13-11+,16-14+,17-15+,20-18+. The highest BCUT2D eigenvalue weighted by atomic mass is 32.1. The average molecular weight is 560 g/mol. The Balaban J connectivity index is 3.95. The van der Waals surface area contributed by atoms with Crippen LogP contribution in [0.25, 0.3) is 0 Å². The van der Waals surface area contributed by atoms with Gasteiger partial charge in [0, 0.05) is 13.1 Å². The third kappa shape index (κ3) is 30.1. The van der Waals surface area contributed by atoms with Crippen LogP contribution in [0, 0.1) is 11.8 Å². The first-order valence-electron chi connectivity index (χ1n) is 17.1. The summed E-state index contributed by atoms with van der Waals surface area (Å²) < 4.78 is 0. The smallest absolute Gasteiger partial charge is 0.000714 e. The lowest BCUT2D eigenvalue weighted by molar-refractivity contribution is 0.198. The Morgan fingerprint density at radius 3 is 1.38 bits per heavy atom. The zero-order chi connectivity index (χ0) is 28.7. The fourth-order valence-electron chi connectivity index (χ4n) is 5.19. The second-order valence-corrected chi connectivity index (χ2v) is 12.5. The van der Waals surface area contributed by atoms with Crippen molar-refractivity contribution in [2.24, 2.45) is 11.8 Å². The number of nitrogens with zero attached hydrogens (tertiary/aromatic N) is 1. The summed E-state index contributed by atoms with van der Waals surface area (Å²) in [6, 6.07) is 0. The zero-order valence-corrected chi connectivity index (χ0v) is 27.8. The van der Waals surface area contributed by atoms with Gasteiger partial charge >= 0.3 is 0 Å². The first-order valence-corrected chi connectivity index (χ1v) is 17.7. The lowest BCUT2D eigenvalue weighted by Crippen LogP contribution is -2.33. The van der Waals surface area contributed by atoms with Gasteiger partial charge in [-0.05, 0) is 88.3 Å². The van der Waals surface area contributed by atoms with Crippen molar-refractivity contribution in [2.45, 2.75) is 150 Å². The number of hydrogen-bond donors (Lipinski definition) is 1. The summed E-state index contributed by atoms with van der Waals surface area (Å²) >= 11 is 4.49. The maximum absolute atomic E-state index is 4.49. The predicted molar refractivity (Wildman–Crippen MR) is 184 cm³/mol. The summed E-state index contributed by atoms with van der Waals surface area (Å²) in [6.07, 6.45) is 43.3. The minimum absolute atomic E-state index is 0.799. The van der Waals surface area contributed by atoms with Crippen LogP contribution in [0.15, 0.2) is 48.6 Å². The molecule has 1 nitrogen and oxygen atoms in total. The van der Waals surface area contributed by atoms with E-state index >= 15 is 0 Å². The molecular formula is C37H69NS. The van der Waals surface area contributed by atoms with Gasteiger partial charge in [-0.2, -0.15) is 12.6 Å². The van der Waals surface area contributed by atoms with Gasteiger partial charge in [0.25, 0.3) is 0 Å². The van der Waals surface area contributed by atoms with Gasteiger partial charge in [-0.25, -0.2) is 0 Å². The van der Waals surface area contributed by atoms with E-state index in [1.807, 2.05) is 0 Å². The van der Waals surface area contributed by atoms with Gasteiger partial charge in [-0.15, -0.1) is 0 Å². The van der Waals surface area contributed by atoms with Crippen molar-refractivity contribution in [2.75, 3.05) is 25.4 Å². The number of unbranched alkanes of at least 4 members (excludes halogenated alkanes) is 12. The van der Waals surface area contributed by atoms with Crippen LogP contribution < -0.4 is 0 Å². The SMILES string of the molecule is CCCC/C=C/C=C/CCCCCCC(C)CN(CCCS)CC(C)CCCCC/C=C/C=C/CCCCC. The van der Waals surface area contributed by atoms with E-state index in [-0.39, 0.29) is 0 Å². The molecular weight excluding hydrogens is 490 g/mol. The van der Waals surface area contributed by atoms with Crippen molar-refractivity contribution < 1.29 is 0 Å². The highest BCUT2D eigenvalue weighted by Crippen LogP contribution is 2.17. The molecule has 0 fully saturated rings. The Bertz CT molecular complexity index is 590. The Labute approximate surface area is 252 Å². The van der Waals surface area contributed by atoms with Gasteiger partial charge in [0.2, 0.25) is 0 Å². The van der Waals surface area contributed by atoms with Crippen LogP contribution in [0.2, 0.25) is 0 Å². The number of thiol groups is 1. The van der Waals surface area contributed by atoms with E-state index in [0.717, 1.165) is 17.6 Å². The molecule has 0 saturated carbocycles. The summed E-state index contributed by atoms with van der Waals surface area (Å²) in [5.74, 6) is 2.61. The molecule has 0 radical (unpaired) electrons. The van der Waals surface area contributed by atoms with E-state index in [2.05, 4.69) is 93.8 Å². The lowest BCUT2D eigenvalue weighted by Gasteiger charge is -2.28. The average Bonchev–Trinajstić information content (AvgIpc) is 2.93. The van der Waals surface area contributed by atoms with Crippen LogP contribution >= 0.6 is 12.6 Å². The molecule has 2 unspecified atom stereocenters. The molecule has 0 rings (SSSR count). The monoisotopic (exact) mass is 560 g/mol. The fourth-order valence-corrected chi connectivity index (χ4v) is 5.33. The van der Waals surface area contributed by atoms with Gasteiger partial charge in [-0.3, -0.25) is 0 Å². The molecule has 0 heterocycles. The Morgan fingerprint density at radius 2 is 0.923 bits per heavy atom. The summed E-state index contributed by atoms with van der Waals surface area (Å²) in [5.41, 5.74) is 0. The van der Waals surface area contributed by atoms with E-state index < -0.39 is 0 Å². The molecule has 39 heavy (non-hydrogen) atoms. The van der Waals surface area contributed by atoms with Crippen LogP contribution in [-0.2, 0) is 0 Å². The first-order chi connectivity index (χ1) is 19.1. The maximum Gasteiger partial charge on any atom is 0.000714 e. The molecule has 0 aromatic heterocycles. The van der Waals surface area contributed by atoms with Crippen molar-refractivity contribution in [1.29, 1.82) is 0 Å². The Hall–Kier alpha value is -0.730. The molecule has 228 valence electrons. The van der Waals surface area contributed by atoms with E-state index in [0.29, 0.717) is 0 Å². The minimum Gasteiger partial charge on any atom is -0.303 e. The van der Waals surface area contributed by atoms with Crippen molar-refractivity contribution in [3.8, 4) is 0 Å². The summed E-state index contributed by atoms with van der Waals surface area (Å²) in [4.78, 5) is 2.75. The molecule has 0 aliphatic heterocycles. The van der Waals surface area contributed by atoms with Crippen molar-refractivity contribution in [3.05, 3.63) is 48.6 Å². The number of hydrogen-bond acceptors (Lipinski definition) is 2. The van der Waals surface area contributed by atoms with Crippen LogP contribution in [0.1, 0.15) is 150 Å². The largest absolute Gasteiger partial charge is 0.303 e. The number of rotatable bonds is 29. The molecule has 0 bridgehead atoms. The second-order valence-electron chi connectivity index (χ2n) is 12.0. The summed E-state index contributed by atoms with van der Waals surface area (Å²) in [6.45, 7) is 13.2. The Kier molecular flexibility index (Phi) is 31.2. The zero-order valence-electron chi connectivity index (χ0n) is 26.9. The molecule has 0 aliphatic carbocycles. The quantitative estimate of drug-likeness (QED) is 0.0542. The molecule has 2 heteroatoms. The predicted octanol–water partition coefficient (Wildman–Crippen LogP) is 12.2. The third-order valence-electron chi connectivity index (χ3n) is 7.62. The highest BCUT2D eigenvalue weighted by molar-refractivity contribution is 7.80. The van der Waals surface area contributed by atoms with Crippen LogP contribution in [0.4, 0.5) is 0 Å². The van der Waals surface area contributed by atoms with E-state index in [9.17, 15) is 0 Å². The third-order valence-corrected chi connectivity index (χ3v) is 7.94. The summed E-state index contributed by atoms with van der Waals surface area (Å²) in [5, 5.41) is 0. The molecule has 0 spiro atoms. The van der Waals surface area contributed by atoms with Gasteiger partial charge in [-0.1, -0.05) is 134 Å².